The van der Waals surface area contributed by atoms with Gasteiger partial charge in [0.05, 0.1) is 5.60 Å². The predicted molar refractivity (Wildman–Crippen MR) is 80.8 cm³/mol. The van der Waals surface area contributed by atoms with Crippen molar-refractivity contribution in [2.45, 2.75) is 70.1 Å². The van der Waals surface area contributed by atoms with Crippen LogP contribution in [-0.2, 0) is 11.2 Å². The van der Waals surface area contributed by atoms with Gasteiger partial charge in [-0.3, -0.25) is 0 Å². The highest BCUT2D eigenvalue weighted by Gasteiger charge is 2.33. The molecule has 0 bridgehead atoms. The van der Waals surface area contributed by atoms with E-state index in [1.54, 1.807) is 10.4 Å². The molecule has 106 valence electrons. The molecule has 2 nitrogen and oxygen atoms in total. The first kappa shape index (κ1) is 13.6. The van der Waals surface area contributed by atoms with E-state index in [0.717, 1.165) is 25.9 Å². The molecule has 2 aliphatic rings. The summed E-state index contributed by atoms with van der Waals surface area (Å²) >= 11 is 1.93. The van der Waals surface area contributed by atoms with Crippen LogP contribution in [0, 0.1) is 0 Å². The lowest BCUT2D eigenvalue weighted by Crippen LogP contribution is -2.46. The van der Waals surface area contributed by atoms with E-state index < -0.39 is 0 Å². The van der Waals surface area contributed by atoms with Gasteiger partial charge in [0.15, 0.2) is 0 Å². The maximum atomic E-state index is 5.95. The Morgan fingerprint density at radius 1 is 1.47 bits per heavy atom. The van der Waals surface area contributed by atoms with Crippen LogP contribution in [0.5, 0.6) is 0 Å². The zero-order valence-electron chi connectivity index (χ0n) is 12.1. The zero-order chi connectivity index (χ0) is 13.3. The van der Waals surface area contributed by atoms with Crippen LogP contribution in [0.2, 0.25) is 0 Å². The number of hydrogen-bond acceptors (Lipinski definition) is 3. The lowest BCUT2D eigenvalue weighted by Gasteiger charge is -2.40. The van der Waals surface area contributed by atoms with Gasteiger partial charge in [-0.2, -0.15) is 0 Å². The summed E-state index contributed by atoms with van der Waals surface area (Å²) < 4.78 is 5.95. The van der Waals surface area contributed by atoms with Crippen LogP contribution in [0.3, 0.4) is 0 Å². The van der Waals surface area contributed by atoms with E-state index in [4.69, 9.17) is 4.74 Å². The Morgan fingerprint density at radius 2 is 2.37 bits per heavy atom. The highest BCUT2D eigenvalue weighted by molar-refractivity contribution is 7.10. The molecule has 1 saturated heterocycles. The lowest BCUT2D eigenvalue weighted by atomic mass is 9.87. The maximum Gasteiger partial charge on any atom is 0.0666 e. The Balaban J connectivity index is 1.66. The standard InChI is InChI=1S/C16H25NOS/c1-3-16(2)11-12(7-9-18-16)17-14-5-4-6-15-13(14)8-10-19-15/h8,10,12,14,17H,3-7,9,11H2,1-2H3. The first-order valence-electron chi connectivity index (χ1n) is 7.66. The normalized spacial score (nSPS) is 35.1. The average Bonchev–Trinajstić information content (AvgIpc) is 2.88. The van der Waals surface area contributed by atoms with Crippen molar-refractivity contribution in [3.8, 4) is 0 Å². The van der Waals surface area contributed by atoms with Gasteiger partial charge >= 0.3 is 0 Å². The molecule has 0 aromatic carbocycles. The van der Waals surface area contributed by atoms with Gasteiger partial charge in [-0.25, -0.2) is 0 Å². The Bertz CT molecular complexity index is 430. The minimum Gasteiger partial charge on any atom is -0.375 e. The van der Waals surface area contributed by atoms with Crippen LogP contribution < -0.4 is 5.32 Å². The number of fused-ring (bicyclic) bond motifs is 1. The first-order valence-corrected chi connectivity index (χ1v) is 8.54. The molecule has 19 heavy (non-hydrogen) atoms. The summed E-state index contributed by atoms with van der Waals surface area (Å²) in [4.78, 5) is 1.61. The highest BCUT2D eigenvalue weighted by atomic mass is 32.1. The molecule has 1 N–H and O–H groups in total. The Hall–Kier alpha value is -0.380. The van der Waals surface area contributed by atoms with Gasteiger partial charge in [-0.05, 0) is 62.5 Å². The molecule has 1 aromatic heterocycles. The minimum absolute atomic E-state index is 0.0854. The fourth-order valence-corrected chi connectivity index (χ4v) is 4.45. The van der Waals surface area contributed by atoms with E-state index in [9.17, 15) is 0 Å². The van der Waals surface area contributed by atoms with Crippen LogP contribution >= 0.6 is 11.3 Å². The molecule has 0 saturated carbocycles. The first-order chi connectivity index (χ1) is 9.20. The predicted octanol–water partition coefficient (Wildman–Crippen LogP) is 4.06. The van der Waals surface area contributed by atoms with Crippen molar-refractivity contribution in [1.82, 2.24) is 5.32 Å². The summed E-state index contributed by atoms with van der Waals surface area (Å²) in [6.45, 7) is 5.41. The zero-order valence-corrected chi connectivity index (χ0v) is 12.9. The topological polar surface area (TPSA) is 21.3 Å². The number of rotatable bonds is 3. The largest absolute Gasteiger partial charge is 0.375 e. The van der Waals surface area contributed by atoms with Crippen molar-refractivity contribution in [3.63, 3.8) is 0 Å². The molecular formula is C16H25NOS. The molecule has 2 heterocycles. The maximum absolute atomic E-state index is 5.95. The van der Waals surface area contributed by atoms with Gasteiger partial charge in [0.1, 0.15) is 0 Å². The second-order valence-electron chi connectivity index (χ2n) is 6.25. The quantitative estimate of drug-likeness (QED) is 0.901. The molecular weight excluding hydrogens is 254 g/mol. The second-order valence-corrected chi connectivity index (χ2v) is 7.25. The van der Waals surface area contributed by atoms with Crippen molar-refractivity contribution in [2.75, 3.05) is 6.61 Å². The summed E-state index contributed by atoms with van der Waals surface area (Å²) in [7, 11) is 0. The Morgan fingerprint density at radius 3 is 3.21 bits per heavy atom. The van der Waals surface area contributed by atoms with Crippen LogP contribution in [0.4, 0.5) is 0 Å². The Kier molecular flexibility index (Phi) is 3.97. The summed E-state index contributed by atoms with van der Waals surface area (Å²) in [5.74, 6) is 0. The fraction of sp³-hybridized carbons (Fsp3) is 0.750. The third-order valence-corrected chi connectivity index (χ3v) is 5.83. The van der Waals surface area contributed by atoms with Crippen LogP contribution in [0.1, 0.15) is 62.4 Å². The van der Waals surface area contributed by atoms with E-state index in [2.05, 4.69) is 30.6 Å². The smallest absolute Gasteiger partial charge is 0.0666 e. The molecule has 3 rings (SSSR count). The molecule has 1 aliphatic heterocycles. The number of hydrogen-bond donors (Lipinski definition) is 1. The van der Waals surface area contributed by atoms with Gasteiger partial charge in [0, 0.05) is 23.6 Å². The number of thiophene rings is 1. The summed E-state index contributed by atoms with van der Waals surface area (Å²) in [6, 6.07) is 3.53. The fourth-order valence-electron chi connectivity index (χ4n) is 3.46. The minimum atomic E-state index is 0.0854. The van der Waals surface area contributed by atoms with Gasteiger partial charge in [0.2, 0.25) is 0 Å². The third kappa shape index (κ3) is 2.88. The van der Waals surface area contributed by atoms with Crippen molar-refractivity contribution >= 4 is 11.3 Å². The SMILES string of the molecule is CCC1(C)CC(NC2CCCc3sccc32)CCO1. The number of aryl methyl sites for hydroxylation is 1. The van der Waals surface area contributed by atoms with Crippen molar-refractivity contribution < 1.29 is 4.74 Å². The summed E-state index contributed by atoms with van der Waals surface area (Å²) in [5.41, 5.74) is 1.66. The van der Waals surface area contributed by atoms with E-state index >= 15 is 0 Å². The molecule has 0 radical (unpaired) electrons. The molecule has 3 heteroatoms. The molecule has 1 aromatic rings. The Labute approximate surface area is 120 Å². The van der Waals surface area contributed by atoms with Crippen molar-refractivity contribution in [2.24, 2.45) is 0 Å². The van der Waals surface area contributed by atoms with Crippen molar-refractivity contribution in [1.29, 1.82) is 0 Å². The molecule has 1 aliphatic carbocycles. The van der Waals surface area contributed by atoms with Gasteiger partial charge in [-0.15, -0.1) is 11.3 Å². The molecule has 0 spiro atoms. The monoisotopic (exact) mass is 279 g/mol. The summed E-state index contributed by atoms with van der Waals surface area (Å²) in [5, 5.41) is 6.17. The van der Waals surface area contributed by atoms with E-state index in [1.165, 1.54) is 19.3 Å². The number of nitrogens with one attached hydrogen (secondary N) is 1. The van der Waals surface area contributed by atoms with Gasteiger partial charge < -0.3 is 10.1 Å². The summed E-state index contributed by atoms with van der Waals surface area (Å²) in [6.07, 6.45) is 7.33. The molecule has 1 fully saturated rings. The van der Waals surface area contributed by atoms with Gasteiger partial charge in [-0.1, -0.05) is 6.92 Å². The number of ether oxygens (including phenoxy) is 1. The molecule has 3 atom stereocenters. The van der Waals surface area contributed by atoms with Crippen LogP contribution in [0.15, 0.2) is 11.4 Å². The van der Waals surface area contributed by atoms with E-state index in [1.807, 2.05) is 11.3 Å². The highest BCUT2D eigenvalue weighted by Crippen LogP contribution is 2.35. The average molecular weight is 279 g/mol. The van der Waals surface area contributed by atoms with Crippen LogP contribution in [-0.4, -0.2) is 18.2 Å². The third-order valence-electron chi connectivity index (χ3n) is 4.83. The lowest BCUT2D eigenvalue weighted by molar-refractivity contribution is -0.0793. The molecule has 3 unspecified atom stereocenters. The van der Waals surface area contributed by atoms with Crippen LogP contribution in [0.25, 0.3) is 0 Å². The van der Waals surface area contributed by atoms with Gasteiger partial charge in [0.25, 0.3) is 0 Å². The molecule has 0 amide bonds. The second kappa shape index (κ2) is 5.55. The van der Waals surface area contributed by atoms with E-state index in [0.29, 0.717) is 12.1 Å². The van der Waals surface area contributed by atoms with E-state index in [-0.39, 0.29) is 5.60 Å². The van der Waals surface area contributed by atoms with Crippen molar-refractivity contribution in [3.05, 3.63) is 21.9 Å².